The van der Waals surface area contributed by atoms with Crippen LogP contribution in [-0.2, 0) is 0 Å². The molecule has 0 spiro atoms. The van der Waals surface area contributed by atoms with Crippen LogP contribution in [0.5, 0.6) is 0 Å². The smallest absolute Gasteiger partial charge is 0.0886 e. The predicted molar refractivity (Wildman–Crippen MR) is 244 cm³/mol. The summed E-state index contributed by atoms with van der Waals surface area (Å²) >= 11 is 0. The highest BCUT2D eigenvalue weighted by Crippen LogP contribution is 2.58. The van der Waals surface area contributed by atoms with Crippen LogP contribution in [0.15, 0.2) is 207 Å². The zero-order valence-electron chi connectivity index (χ0n) is 31.5. The van der Waals surface area contributed by atoms with Gasteiger partial charge in [-0.1, -0.05) is 164 Å². The standard InChI is InChI=1S/C56H34N2/c1-3-14-35(15-4-1)52-44-20-9-10-21-45(44)53(36-16-5-2-6-17-36)56-47-29-28-42(43-22-13-23-46(54(43)47)55(52)56)49-33-38-26-25-37(32-48(38)40-18-7-8-19-41(40)49)39-27-30-51(58-34-39)50-24-11-12-31-57-50/h1-34H. The third-order valence-corrected chi connectivity index (χ3v) is 12.1. The number of benzene rings is 9. The zero-order valence-corrected chi connectivity index (χ0v) is 31.5. The first kappa shape index (κ1) is 32.6. The van der Waals surface area contributed by atoms with E-state index in [9.17, 15) is 0 Å². The number of pyridine rings is 2. The van der Waals surface area contributed by atoms with Gasteiger partial charge < -0.3 is 0 Å². The van der Waals surface area contributed by atoms with Crippen LogP contribution in [0.4, 0.5) is 0 Å². The summed E-state index contributed by atoms with van der Waals surface area (Å²) in [5.74, 6) is 0. The second-order valence-corrected chi connectivity index (χ2v) is 15.2. The summed E-state index contributed by atoms with van der Waals surface area (Å²) in [4.78, 5) is 9.27. The Bertz CT molecular complexity index is 3320. The van der Waals surface area contributed by atoms with E-state index in [2.05, 4.69) is 181 Å². The SMILES string of the molecule is c1ccc(-c2c3c(c(-c4ccccc4)c4ccccc24)-c2ccc(-c4cc5ccc(-c6ccc(-c7ccccn7)nc6)cc5c5ccccc45)c4cccc-3c24)cc1. The molecule has 2 nitrogen and oxygen atoms in total. The highest BCUT2D eigenvalue weighted by molar-refractivity contribution is 6.29. The maximum Gasteiger partial charge on any atom is 0.0886 e. The molecule has 268 valence electrons. The van der Waals surface area contributed by atoms with Crippen LogP contribution in [0.3, 0.4) is 0 Å². The molecule has 1 aliphatic rings. The van der Waals surface area contributed by atoms with Crippen molar-refractivity contribution in [2.75, 3.05) is 0 Å². The van der Waals surface area contributed by atoms with Gasteiger partial charge >= 0.3 is 0 Å². The van der Waals surface area contributed by atoms with Gasteiger partial charge in [0.15, 0.2) is 0 Å². The van der Waals surface area contributed by atoms with Crippen molar-refractivity contribution in [1.82, 2.24) is 9.97 Å². The first-order valence-electron chi connectivity index (χ1n) is 19.9. The van der Waals surface area contributed by atoms with E-state index in [0.717, 1.165) is 22.5 Å². The van der Waals surface area contributed by atoms with Crippen molar-refractivity contribution in [3.8, 4) is 78.1 Å². The van der Waals surface area contributed by atoms with Crippen molar-refractivity contribution in [2.45, 2.75) is 0 Å². The molecule has 0 aliphatic heterocycles. The van der Waals surface area contributed by atoms with Crippen LogP contribution in [0.25, 0.3) is 121 Å². The van der Waals surface area contributed by atoms with Gasteiger partial charge in [-0.3, -0.25) is 9.97 Å². The predicted octanol–water partition coefficient (Wildman–Crippen LogP) is 15.1. The van der Waals surface area contributed by atoms with Gasteiger partial charge in [0.2, 0.25) is 0 Å². The molecule has 58 heavy (non-hydrogen) atoms. The molecule has 0 fully saturated rings. The molecule has 0 bridgehead atoms. The van der Waals surface area contributed by atoms with Crippen LogP contribution in [0, 0.1) is 0 Å². The number of nitrogens with zero attached hydrogens (tertiary/aromatic N) is 2. The lowest BCUT2D eigenvalue weighted by Gasteiger charge is -2.20. The van der Waals surface area contributed by atoms with Crippen molar-refractivity contribution in [3.05, 3.63) is 207 Å². The third-order valence-electron chi connectivity index (χ3n) is 12.1. The Kier molecular flexibility index (Phi) is 7.26. The lowest BCUT2D eigenvalue weighted by atomic mass is 9.82. The highest BCUT2D eigenvalue weighted by Gasteiger charge is 2.31. The largest absolute Gasteiger partial charge is 0.255 e. The summed E-state index contributed by atoms with van der Waals surface area (Å²) in [6.45, 7) is 0. The van der Waals surface area contributed by atoms with E-state index in [1.807, 2.05) is 30.6 Å². The lowest BCUT2D eigenvalue weighted by molar-refractivity contribution is 1.25. The van der Waals surface area contributed by atoms with E-state index >= 15 is 0 Å². The van der Waals surface area contributed by atoms with Crippen molar-refractivity contribution >= 4 is 43.1 Å². The number of hydrogen-bond donors (Lipinski definition) is 0. The lowest BCUT2D eigenvalue weighted by Crippen LogP contribution is -1.93. The summed E-state index contributed by atoms with van der Waals surface area (Å²) in [6, 6.07) is 70.8. The van der Waals surface area contributed by atoms with Crippen molar-refractivity contribution in [2.24, 2.45) is 0 Å². The number of rotatable bonds is 5. The van der Waals surface area contributed by atoms with Gasteiger partial charge in [0.1, 0.15) is 0 Å². The Hall–Kier alpha value is -7.68. The summed E-state index contributed by atoms with van der Waals surface area (Å²) < 4.78 is 0. The van der Waals surface area contributed by atoms with Gasteiger partial charge in [0.05, 0.1) is 11.4 Å². The van der Waals surface area contributed by atoms with Crippen LogP contribution in [0.2, 0.25) is 0 Å². The summed E-state index contributed by atoms with van der Waals surface area (Å²) in [7, 11) is 0. The first-order valence-corrected chi connectivity index (χ1v) is 19.9. The van der Waals surface area contributed by atoms with Gasteiger partial charge in [-0.15, -0.1) is 0 Å². The molecule has 2 heterocycles. The molecule has 0 N–H and O–H groups in total. The monoisotopic (exact) mass is 734 g/mol. The van der Waals surface area contributed by atoms with Gasteiger partial charge in [-0.2, -0.15) is 0 Å². The first-order chi connectivity index (χ1) is 28.8. The molecular weight excluding hydrogens is 701 g/mol. The Morgan fingerprint density at radius 1 is 0.276 bits per heavy atom. The fourth-order valence-electron chi connectivity index (χ4n) is 9.58. The Balaban J connectivity index is 1.08. The van der Waals surface area contributed by atoms with E-state index in [1.165, 1.54) is 98.7 Å². The summed E-state index contributed by atoms with van der Waals surface area (Å²) in [6.07, 6.45) is 3.77. The van der Waals surface area contributed by atoms with E-state index in [-0.39, 0.29) is 0 Å². The molecule has 0 saturated carbocycles. The molecule has 2 heteroatoms. The topological polar surface area (TPSA) is 25.8 Å². The molecular formula is C56H34N2. The van der Waals surface area contributed by atoms with Gasteiger partial charge in [-0.25, -0.2) is 0 Å². The minimum Gasteiger partial charge on any atom is -0.255 e. The minimum atomic E-state index is 0.870. The van der Waals surface area contributed by atoms with Crippen LogP contribution < -0.4 is 0 Å². The molecule has 2 aromatic heterocycles. The van der Waals surface area contributed by atoms with Crippen molar-refractivity contribution in [1.29, 1.82) is 0 Å². The number of aromatic nitrogens is 2. The van der Waals surface area contributed by atoms with E-state index in [1.54, 1.807) is 0 Å². The van der Waals surface area contributed by atoms with Crippen molar-refractivity contribution in [3.63, 3.8) is 0 Å². The summed E-state index contributed by atoms with van der Waals surface area (Å²) in [5.41, 5.74) is 16.8. The Labute approximate surface area is 336 Å². The Morgan fingerprint density at radius 2 is 0.862 bits per heavy atom. The molecule has 1 aliphatic carbocycles. The maximum absolute atomic E-state index is 4.78. The normalized spacial score (nSPS) is 11.8. The molecule has 9 aromatic carbocycles. The molecule has 12 rings (SSSR count). The molecule has 11 aromatic rings. The zero-order chi connectivity index (χ0) is 38.2. The van der Waals surface area contributed by atoms with E-state index in [4.69, 9.17) is 4.98 Å². The van der Waals surface area contributed by atoms with Gasteiger partial charge in [-0.05, 0) is 135 Å². The molecule has 0 atom stereocenters. The maximum atomic E-state index is 4.78. The average molecular weight is 735 g/mol. The van der Waals surface area contributed by atoms with E-state index in [0.29, 0.717) is 0 Å². The third kappa shape index (κ3) is 4.92. The molecule has 0 amide bonds. The Morgan fingerprint density at radius 3 is 1.53 bits per heavy atom. The van der Waals surface area contributed by atoms with Crippen LogP contribution in [0.1, 0.15) is 0 Å². The van der Waals surface area contributed by atoms with Gasteiger partial charge in [0, 0.05) is 18.0 Å². The second kappa shape index (κ2) is 12.9. The summed E-state index contributed by atoms with van der Waals surface area (Å²) in [5, 5.41) is 10.1. The van der Waals surface area contributed by atoms with Crippen LogP contribution >= 0.6 is 0 Å². The molecule has 0 saturated heterocycles. The minimum absolute atomic E-state index is 0.870. The van der Waals surface area contributed by atoms with Crippen molar-refractivity contribution < 1.29 is 0 Å². The highest BCUT2D eigenvalue weighted by atomic mass is 14.8. The molecule has 0 radical (unpaired) electrons. The van der Waals surface area contributed by atoms with E-state index < -0.39 is 0 Å². The second-order valence-electron chi connectivity index (χ2n) is 15.2. The van der Waals surface area contributed by atoms with Crippen LogP contribution in [-0.4, -0.2) is 9.97 Å². The quantitative estimate of drug-likeness (QED) is 0.165. The average Bonchev–Trinajstić information content (AvgIpc) is 3.63. The number of fused-ring (bicyclic) bond motifs is 7. The fraction of sp³-hybridized carbons (Fsp3) is 0. The fourth-order valence-corrected chi connectivity index (χ4v) is 9.58. The number of hydrogen-bond acceptors (Lipinski definition) is 2. The van der Waals surface area contributed by atoms with Gasteiger partial charge in [0.25, 0.3) is 0 Å². The molecule has 0 unspecified atom stereocenters.